The maximum atomic E-state index is 12.2. The van der Waals surface area contributed by atoms with Crippen molar-refractivity contribution >= 4 is 29.1 Å². The van der Waals surface area contributed by atoms with Gasteiger partial charge in [-0.1, -0.05) is 30.3 Å². The Morgan fingerprint density at radius 1 is 1.30 bits per heavy atom. The summed E-state index contributed by atoms with van der Waals surface area (Å²) in [5.41, 5.74) is 0.342. The molecule has 5 heteroatoms. The van der Waals surface area contributed by atoms with Gasteiger partial charge in [-0.05, 0) is 26.3 Å². The number of alkyl halides is 2. The van der Waals surface area contributed by atoms with Crippen LogP contribution < -0.4 is 0 Å². The minimum Gasteiger partial charge on any atom is -0.361 e. The van der Waals surface area contributed by atoms with Gasteiger partial charge in [-0.3, -0.25) is 4.79 Å². The summed E-state index contributed by atoms with van der Waals surface area (Å²) >= 11 is 12.2. The normalized spacial score (nSPS) is 26.2. The zero-order valence-electron chi connectivity index (χ0n) is 11.8. The van der Waals surface area contributed by atoms with Gasteiger partial charge in [0.2, 0.25) is 0 Å². The maximum Gasteiger partial charge on any atom is 0.255 e. The fourth-order valence-electron chi connectivity index (χ4n) is 2.70. The van der Waals surface area contributed by atoms with E-state index in [2.05, 4.69) is 0 Å². The quantitative estimate of drug-likeness (QED) is 0.615. The van der Waals surface area contributed by atoms with Crippen molar-refractivity contribution in [2.45, 2.75) is 49.9 Å². The molecule has 1 aromatic carbocycles. The molecule has 0 unspecified atom stereocenters. The van der Waals surface area contributed by atoms with Crippen LogP contribution in [0.3, 0.4) is 0 Å². The first kappa shape index (κ1) is 15.6. The second-order valence-corrected chi connectivity index (χ2v) is 6.60. The van der Waals surface area contributed by atoms with E-state index < -0.39 is 16.5 Å². The molecule has 1 saturated heterocycles. The van der Waals surface area contributed by atoms with E-state index in [1.165, 1.54) is 0 Å². The number of hydrogen-bond acceptors (Lipinski definition) is 2. The number of likely N-dealkylation sites (tertiary alicyclic amines) is 1. The highest BCUT2D eigenvalue weighted by molar-refractivity contribution is 6.45. The number of nitrogens with zero attached hydrogens (tertiary/aromatic N) is 1. The molecule has 2 atom stereocenters. The van der Waals surface area contributed by atoms with Crippen LogP contribution in [0.2, 0.25) is 0 Å². The summed E-state index contributed by atoms with van der Waals surface area (Å²) < 4.78 is 5.77. The summed E-state index contributed by atoms with van der Waals surface area (Å²) in [7, 11) is 0. The van der Waals surface area contributed by atoms with E-state index in [-0.39, 0.29) is 11.9 Å². The van der Waals surface area contributed by atoms with Crippen molar-refractivity contribution in [3.8, 4) is 0 Å². The maximum absolute atomic E-state index is 12.2. The molecule has 2 rings (SSSR count). The minimum absolute atomic E-state index is 0.0454. The predicted molar refractivity (Wildman–Crippen MR) is 80.9 cm³/mol. The van der Waals surface area contributed by atoms with Crippen LogP contribution in [0, 0.1) is 0 Å². The van der Waals surface area contributed by atoms with E-state index in [0.29, 0.717) is 6.61 Å². The smallest absolute Gasteiger partial charge is 0.255 e. The van der Waals surface area contributed by atoms with Crippen molar-refractivity contribution < 1.29 is 9.53 Å². The Balaban J connectivity index is 2.09. The standard InChI is InChI=1S/C15H19Cl2NO2/c1-10(2)18-13(19)12(15(18,3)14(16)17)20-9-11-7-5-4-6-8-11/h4-8,10,12,14H,9H2,1-3H3/t12-,15+/m1/s1. The highest BCUT2D eigenvalue weighted by Gasteiger charge is 2.62. The van der Waals surface area contributed by atoms with Crippen molar-refractivity contribution in [3.05, 3.63) is 35.9 Å². The zero-order chi connectivity index (χ0) is 14.9. The molecule has 20 heavy (non-hydrogen) atoms. The molecule has 0 spiro atoms. The van der Waals surface area contributed by atoms with E-state index in [9.17, 15) is 4.79 Å². The van der Waals surface area contributed by atoms with E-state index in [0.717, 1.165) is 5.56 Å². The van der Waals surface area contributed by atoms with Crippen molar-refractivity contribution in [1.29, 1.82) is 0 Å². The molecule has 0 saturated carbocycles. The van der Waals surface area contributed by atoms with Crippen LogP contribution in [0.1, 0.15) is 26.3 Å². The summed E-state index contributed by atoms with van der Waals surface area (Å²) in [6.07, 6.45) is -0.592. The molecular weight excluding hydrogens is 297 g/mol. The van der Waals surface area contributed by atoms with Crippen LogP contribution in [0.5, 0.6) is 0 Å². The zero-order valence-corrected chi connectivity index (χ0v) is 13.4. The Morgan fingerprint density at radius 3 is 2.40 bits per heavy atom. The second-order valence-electron chi connectivity index (χ2n) is 5.51. The van der Waals surface area contributed by atoms with Crippen molar-refractivity contribution in [3.63, 3.8) is 0 Å². The molecule has 1 aliphatic heterocycles. The average molecular weight is 316 g/mol. The molecule has 1 amide bonds. The lowest BCUT2D eigenvalue weighted by molar-refractivity contribution is -0.196. The third-order valence-electron chi connectivity index (χ3n) is 3.73. The number of carbonyl (C=O) groups excluding carboxylic acids is 1. The topological polar surface area (TPSA) is 29.5 Å². The van der Waals surface area contributed by atoms with Crippen LogP contribution >= 0.6 is 23.2 Å². The largest absolute Gasteiger partial charge is 0.361 e. The lowest BCUT2D eigenvalue weighted by atomic mass is 9.82. The fraction of sp³-hybridized carbons (Fsp3) is 0.533. The molecule has 0 radical (unpaired) electrons. The average Bonchev–Trinajstić information content (AvgIpc) is 2.39. The highest BCUT2D eigenvalue weighted by Crippen LogP contribution is 2.43. The summed E-state index contributed by atoms with van der Waals surface area (Å²) in [6.45, 7) is 6.13. The Morgan fingerprint density at radius 2 is 1.90 bits per heavy atom. The number of carbonyl (C=O) groups is 1. The third kappa shape index (κ3) is 2.54. The first-order valence-corrected chi connectivity index (χ1v) is 7.53. The summed E-state index contributed by atoms with van der Waals surface area (Å²) in [4.78, 5) is 13.2. The number of benzene rings is 1. The molecule has 1 fully saturated rings. The molecule has 3 nitrogen and oxygen atoms in total. The van der Waals surface area contributed by atoms with Gasteiger partial charge in [0.15, 0.2) is 6.10 Å². The minimum atomic E-state index is -0.691. The van der Waals surface area contributed by atoms with Crippen molar-refractivity contribution in [2.75, 3.05) is 0 Å². The second kappa shape index (κ2) is 5.92. The lowest BCUT2D eigenvalue weighted by Gasteiger charge is -2.57. The molecule has 110 valence electrons. The number of amides is 1. The van der Waals surface area contributed by atoms with Gasteiger partial charge in [0.25, 0.3) is 5.91 Å². The van der Waals surface area contributed by atoms with Crippen LogP contribution in [-0.4, -0.2) is 33.3 Å². The SMILES string of the molecule is CC(C)N1C(=O)[C@@H](OCc2ccccc2)[C@@]1(C)C(Cl)Cl. The van der Waals surface area contributed by atoms with E-state index in [4.69, 9.17) is 27.9 Å². The molecule has 0 bridgehead atoms. The molecule has 1 aromatic rings. The first-order valence-electron chi connectivity index (χ1n) is 6.66. The number of halogens is 2. The Hall–Kier alpha value is -0.770. The Kier molecular flexibility index (Phi) is 4.62. The molecular formula is C15H19Cl2NO2. The summed E-state index contributed by atoms with van der Waals surface area (Å²) in [6, 6.07) is 9.78. The van der Waals surface area contributed by atoms with Gasteiger partial charge in [-0.15, -0.1) is 23.2 Å². The molecule has 0 aliphatic carbocycles. The van der Waals surface area contributed by atoms with E-state index in [1.54, 1.807) is 4.90 Å². The summed E-state index contributed by atoms with van der Waals surface area (Å²) in [5, 5.41) is 0. The Bertz CT molecular complexity index is 478. The number of rotatable bonds is 5. The third-order valence-corrected chi connectivity index (χ3v) is 4.61. The molecule has 0 aromatic heterocycles. The van der Waals surface area contributed by atoms with Gasteiger partial charge in [0, 0.05) is 6.04 Å². The number of ether oxygens (including phenoxy) is 1. The van der Waals surface area contributed by atoms with Gasteiger partial charge >= 0.3 is 0 Å². The predicted octanol–water partition coefficient (Wildman–Crippen LogP) is 3.38. The van der Waals surface area contributed by atoms with Crippen molar-refractivity contribution in [1.82, 2.24) is 4.90 Å². The molecule has 0 N–H and O–H groups in total. The fourth-order valence-corrected chi connectivity index (χ4v) is 3.14. The van der Waals surface area contributed by atoms with Gasteiger partial charge in [0.1, 0.15) is 10.4 Å². The van der Waals surface area contributed by atoms with Crippen LogP contribution in [0.4, 0.5) is 0 Å². The van der Waals surface area contributed by atoms with Crippen LogP contribution in [0.15, 0.2) is 30.3 Å². The number of β-lactam (4-membered cyclic amide) rings is 1. The van der Waals surface area contributed by atoms with Crippen molar-refractivity contribution in [2.24, 2.45) is 0 Å². The lowest BCUT2D eigenvalue weighted by Crippen LogP contribution is -2.77. The van der Waals surface area contributed by atoms with Gasteiger partial charge in [0.05, 0.1) is 6.61 Å². The van der Waals surface area contributed by atoms with Gasteiger partial charge < -0.3 is 9.64 Å². The number of hydrogen-bond donors (Lipinski definition) is 0. The first-order chi connectivity index (χ1) is 9.39. The molecule has 1 heterocycles. The summed E-state index contributed by atoms with van der Waals surface area (Å²) in [5.74, 6) is -0.0512. The monoisotopic (exact) mass is 315 g/mol. The van der Waals surface area contributed by atoms with Gasteiger partial charge in [-0.25, -0.2) is 0 Å². The van der Waals surface area contributed by atoms with Crippen LogP contribution in [-0.2, 0) is 16.1 Å². The van der Waals surface area contributed by atoms with Crippen LogP contribution in [0.25, 0.3) is 0 Å². The molecule has 1 aliphatic rings. The van der Waals surface area contributed by atoms with Gasteiger partial charge in [-0.2, -0.15) is 0 Å². The Labute approximate surface area is 129 Å². The van der Waals surface area contributed by atoms with E-state index >= 15 is 0 Å². The highest BCUT2D eigenvalue weighted by atomic mass is 35.5. The van der Waals surface area contributed by atoms with E-state index in [1.807, 2.05) is 51.1 Å².